The number of halogens is 1. The van der Waals surface area contributed by atoms with E-state index in [9.17, 15) is 9.59 Å². The highest BCUT2D eigenvalue weighted by atomic mass is 35.5. The third-order valence-electron chi connectivity index (χ3n) is 6.58. The summed E-state index contributed by atoms with van der Waals surface area (Å²) in [5.74, 6) is -0.232. The van der Waals surface area contributed by atoms with Crippen LogP contribution in [0.5, 0.6) is 0 Å². The molecule has 2 aromatic rings. The molecule has 0 bridgehead atoms. The number of hydrogen-bond donors (Lipinski definition) is 2. The van der Waals surface area contributed by atoms with Crippen LogP contribution < -0.4 is 15.8 Å². The largest absolute Gasteiger partial charge is 0.381 e. The molecule has 7 heteroatoms. The minimum atomic E-state index is -0.232. The Hall–Kier alpha value is -2.31. The van der Waals surface area contributed by atoms with E-state index < -0.39 is 0 Å². The monoisotopic (exact) mass is 459 g/mol. The van der Waals surface area contributed by atoms with Gasteiger partial charge in [0.2, 0.25) is 0 Å². The zero-order valence-corrected chi connectivity index (χ0v) is 20.4. The van der Waals surface area contributed by atoms with Crippen LogP contribution in [0.4, 0.5) is 5.69 Å². The fourth-order valence-corrected chi connectivity index (χ4v) is 4.99. The maximum atomic E-state index is 13.1. The zero-order valence-electron chi connectivity index (χ0n) is 19.7. The molecular formula is C25H34ClN3O3. The SMILES string of the molecule is CCN(c1cc(Cl)cc(C(=O)NCc2c(C)cc(C)[nH]c2=O)c1C)[C@H]1CC[C@@H](OC)CC1. The average Bonchev–Trinajstić information content (AvgIpc) is 2.75. The fourth-order valence-electron chi connectivity index (χ4n) is 4.78. The molecule has 0 saturated heterocycles. The van der Waals surface area contributed by atoms with Crippen molar-refractivity contribution in [1.29, 1.82) is 0 Å². The van der Waals surface area contributed by atoms with Gasteiger partial charge < -0.3 is 19.9 Å². The Labute approximate surface area is 195 Å². The Morgan fingerprint density at radius 1 is 1.19 bits per heavy atom. The number of amides is 1. The minimum Gasteiger partial charge on any atom is -0.381 e. The van der Waals surface area contributed by atoms with Gasteiger partial charge in [0.1, 0.15) is 0 Å². The van der Waals surface area contributed by atoms with E-state index >= 15 is 0 Å². The van der Waals surface area contributed by atoms with Gasteiger partial charge in [-0.15, -0.1) is 0 Å². The lowest BCUT2D eigenvalue weighted by atomic mass is 9.91. The van der Waals surface area contributed by atoms with Crippen molar-refractivity contribution >= 4 is 23.2 Å². The summed E-state index contributed by atoms with van der Waals surface area (Å²) in [6.07, 6.45) is 4.51. The first-order valence-electron chi connectivity index (χ1n) is 11.3. The van der Waals surface area contributed by atoms with E-state index in [1.807, 2.05) is 32.9 Å². The van der Waals surface area contributed by atoms with Crippen LogP contribution in [0.15, 0.2) is 23.0 Å². The third-order valence-corrected chi connectivity index (χ3v) is 6.80. The number of benzene rings is 1. The normalized spacial score (nSPS) is 18.4. The summed E-state index contributed by atoms with van der Waals surface area (Å²) in [6, 6.07) is 5.96. The van der Waals surface area contributed by atoms with E-state index in [4.69, 9.17) is 16.3 Å². The number of rotatable bonds is 7. The molecule has 6 nitrogen and oxygen atoms in total. The molecule has 2 N–H and O–H groups in total. The summed E-state index contributed by atoms with van der Waals surface area (Å²) < 4.78 is 5.52. The number of H-pyrrole nitrogens is 1. The summed E-state index contributed by atoms with van der Waals surface area (Å²) in [4.78, 5) is 30.5. The summed E-state index contributed by atoms with van der Waals surface area (Å²) >= 11 is 6.46. The maximum Gasteiger partial charge on any atom is 0.253 e. The van der Waals surface area contributed by atoms with Crippen LogP contribution >= 0.6 is 11.6 Å². The lowest BCUT2D eigenvalue weighted by molar-refractivity contribution is 0.0656. The number of hydrogen-bond acceptors (Lipinski definition) is 4. The van der Waals surface area contributed by atoms with Gasteiger partial charge in [0.25, 0.3) is 11.5 Å². The molecule has 0 unspecified atom stereocenters. The second-order valence-electron chi connectivity index (χ2n) is 8.68. The number of pyridine rings is 1. The van der Waals surface area contributed by atoms with Crippen molar-refractivity contribution in [3.63, 3.8) is 0 Å². The van der Waals surface area contributed by atoms with Gasteiger partial charge in [-0.25, -0.2) is 0 Å². The first-order valence-corrected chi connectivity index (χ1v) is 11.7. The Morgan fingerprint density at radius 2 is 1.88 bits per heavy atom. The molecule has 1 aliphatic rings. The van der Waals surface area contributed by atoms with Crippen LogP contribution in [0.3, 0.4) is 0 Å². The van der Waals surface area contributed by atoms with Gasteiger partial charge >= 0.3 is 0 Å². The highest BCUT2D eigenvalue weighted by Crippen LogP contribution is 2.33. The Balaban J connectivity index is 1.82. The van der Waals surface area contributed by atoms with Crippen LogP contribution in [-0.2, 0) is 11.3 Å². The van der Waals surface area contributed by atoms with Crippen molar-refractivity contribution in [2.45, 2.75) is 72.1 Å². The van der Waals surface area contributed by atoms with E-state index in [-0.39, 0.29) is 18.0 Å². The highest BCUT2D eigenvalue weighted by molar-refractivity contribution is 6.31. The minimum absolute atomic E-state index is 0.167. The molecule has 3 rings (SSSR count). The van der Waals surface area contributed by atoms with E-state index in [2.05, 4.69) is 22.1 Å². The second-order valence-corrected chi connectivity index (χ2v) is 9.11. The number of nitrogens with one attached hydrogen (secondary N) is 2. The summed E-state index contributed by atoms with van der Waals surface area (Å²) in [6.45, 7) is 8.82. The lowest BCUT2D eigenvalue weighted by Crippen LogP contribution is -2.40. The Bertz CT molecular complexity index is 1030. The average molecular weight is 460 g/mol. The quantitative estimate of drug-likeness (QED) is 0.631. The number of carbonyl (C=O) groups excluding carboxylic acids is 1. The predicted molar refractivity (Wildman–Crippen MR) is 130 cm³/mol. The van der Waals surface area contributed by atoms with Crippen molar-refractivity contribution < 1.29 is 9.53 Å². The van der Waals surface area contributed by atoms with Gasteiger partial charge in [0.05, 0.1) is 6.10 Å². The first kappa shape index (κ1) is 24.3. The van der Waals surface area contributed by atoms with Crippen LogP contribution in [0.25, 0.3) is 0 Å². The molecular weight excluding hydrogens is 426 g/mol. The molecule has 1 heterocycles. The van der Waals surface area contributed by atoms with Crippen molar-refractivity contribution in [2.75, 3.05) is 18.6 Å². The van der Waals surface area contributed by atoms with Gasteiger partial charge in [-0.05, 0) is 82.7 Å². The number of aromatic amines is 1. The van der Waals surface area contributed by atoms with Crippen molar-refractivity contribution in [3.8, 4) is 0 Å². The van der Waals surface area contributed by atoms with Crippen LogP contribution in [0.2, 0.25) is 5.02 Å². The van der Waals surface area contributed by atoms with E-state index in [0.29, 0.717) is 28.3 Å². The molecule has 1 aliphatic carbocycles. The van der Waals surface area contributed by atoms with Gasteiger partial charge in [0.15, 0.2) is 0 Å². The molecule has 1 aromatic heterocycles. The standard InChI is InChI=1S/C25H34ClN3O3/c1-6-29(19-7-9-20(32-5)10-8-19)23-13-18(26)12-21(17(23)4)24(30)27-14-22-15(2)11-16(3)28-25(22)31/h11-13,19-20H,6-10,14H2,1-5H3,(H,27,30)(H,28,31)/t19-,20+. The van der Waals surface area contributed by atoms with E-state index in [1.165, 1.54) is 0 Å². The molecule has 32 heavy (non-hydrogen) atoms. The molecule has 174 valence electrons. The molecule has 0 radical (unpaired) electrons. The predicted octanol–water partition coefficient (Wildman–Crippen LogP) is 4.67. The number of anilines is 1. The van der Waals surface area contributed by atoms with Crippen molar-refractivity contribution in [3.05, 3.63) is 61.5 Å². The number of aromatic nitrogens is 1. The van der Waals surface area contributed by atoms with Crippen molar-refractivity contribution in [2.24, 2.45) is 0 Å². The molecule has 1 amide bonds. The summed E-state index contributed by atoms with van der Waals surface area (Å²) in [5, 5.41) is 3.44. The molecule has 0 spiro atoms. The maximum absolute atomic E-state index is 13.1. The van der Waals surface area contributed by atoms with E-state index in [1.54, 1.807) is 13.2 Å². The number of carbonyl (C=O) groups is 1. The fraction of sp³-hybridized carbons (Fsp3) is 0.520. The molecule has 0 atom stereocenters. The number of ether oxygens (including phenoxy) is 1. The van der Waals surface area contributed by atoms with Gasteiger partial charge in [-0.1, -0.05) is 11.6 Å². The molecule has 0 aliphatic heterocycles. The topological polar surface area (TPSA) is 74.4 Å². The third kappa shape index (κ3) is 5.36. The van der Waals surface area contributed by atoms with Gasteiger partial charge in [-0.2, -0.15) is 0 Å². The Kier molecular flexibility index (Phi) is 8.01. The summed E-state index contributed by atoms with van der Waals surface area (Å²) in [5.41, 5.74) is 4.49. The van der Waals surface area contributed by atoms with Crippen LogP contribution in [0, 0.1) is 20.8 Å². The van der Waals surface area contributed by atoms with Crippen LogP contribution in [0.1, 0.15) is 65.3 Å². The smallest absolute Gasteiger partial charge is 0.253 e. The van der Waals surface area contributed by atoms with Crippen molar-refractivity contribution in [1.82, 2.24) is 10.3 Å². The van der Waals surface area contributed by atoms with E-state index in [0.717, 1.165) is 54.7 Å². The number of nitrogens with zero attached hydrogens (tertiary/aromatic N) is 1. The van der Waals surface area contributed by atoms with Gasteiger partial charge in [-0.3, -0.25) is 9.59 Å². The second kappa shape index (κ2) is 10.5. The molecule has 1 aromatic carbocycles. The lowest BCUT2D eigenvalue weighted by Gasteiger charge is -2.38. The Morgan fingerprint density at radius 3 is 2.47 bits per heavy atom. The zero-order chi connectivity index (χ0) is 23.4. The summed E-state index contributed by atoms with van der Waals surface area (Å²) in [7, 11) is 1.78. The molecule has 1 saturated carbocycles. The van der Waals surface area contributed by atoms with Gasteiger partial charge in [0, 0.05) is 53.8 Å². The van der Waals surface area contributed by atoms with Crippen LogP contribution in [-0.4, -0.2) is 36.7 Å². The molecule has 1 fully saturated rings. The highest BCUT2D eigenvalue weighted by Gasteiger charge is 2.27. The first-order chi connectivity index (χ1) is 15.2. The number of methoxy groups -OCH3 is 1. The number of aryl methyl sites for hydroxylation is 2.